The van der Waals surface area contributed by atoms with Crippen molar-refractivity contribution in [2.45, 2.75) is 38.1 Å². The Bertz CT molecular complexity index is 843. The Morgan fingerprint density at radius 3 is 2.57 bits per heavy atom. The van der Waals surface area contributed by atoms with Crippen molar-refractivity contribution in [3.8, 4) is 0 Å². The fourth-order valence-corrected chi connectivity index (χ4v) is 5.03. The first kappa shape index (κ1) is 19.1. The number of aromatic carboxylic acids is 1. The number of carboxylic acids is 1. The van der Waals surface area contributed by atoms with Crippen molar-refractivity contribution in [2.75, 3.05) is 26.2 Å². The van der Waals surface area contributed by atoms with Gasteiger partial charge in [0.2, 0.25) is 0 Å². The number of carbonyl (C=O) groups excluding carboxylic acids is 1. The molecule has 7 heteroatoms. The number of hydrogen-bond acceptors (Lipinski definition) is 5. The van der Waals surface area contributed by atoms with E-state index in [0.717, 1.165) is 54.5 Å². The molecule has 6 nitrogen and oxygen atoms in total. The van der Waals surface area contributed by atoms with Crippen LogP contribution in [0.3, 0.4) is 0 Å². The van der Waals surface area contributed by atoms with E-state index in [2.05, 4.69) is 9.88 Å². The van der Waals surface area contributed by atoms with Gasteiger partial charge in [0.25, 0.3) is 5.91 Å². The summed E-state index contributed by atoms with van der Waals surface area (Å²) >= 11 is 1.51. The highest BCUT2D eigenvalue weighted by molar-refractivity contribution is 7.13. The molecule has 0 saturated carbocycles. The summed E-state index contributed by atoms with van der Waals surface area (Å²) in [5.41, 5.74) is 1.39. The van der Waals surface area contributed by atoms with Crippen LogP contribution in [0, 0.1) is 0 Å². The number of rotatable bonds is 5. The smallest absolute Gasteiger partial charge is 0.335 e. The quantitative estimate of drug-likeness (QED) is 0.834. The molecular formula is C21H25N3O3S. The van der Waals surface area contributed by atoms with Crippen molar-refractivity contribution in [1.82, 2.24) is 14.8 Å². The van der Waals surface area contributed by atoms with Gasteiger partial charge in [-0.15, -0.1) is 11.3 Å². The van der Waals surface area contributed by atoms with Crippen LogP contribution in [0.1, 0.15) is 62.2 Å². The Morgan fingerprint density at radius 1 is 1.11 bits per heavy atom. The number of nitrogens with zero attached hydrogens (tertiary/aromatic N) is 3. The summed E-state index contributed by atoms with van der Waals surface area (Å²) in [5.74, 6) is -0.600. The highest BCUT2D eigenvalue weighted by atomic mass is 32.1. The molecule has 0 spiro atoms. The van der Waals surface area contributed by atoms with Gasteiger partial charge in [-0.2, -0.15) is 0 Å². The molecule has 0 bridgehead atoms. The number of hydrogen-bond donors (Lipinski definition) is 1. The van der Waals surface area contributed by atoms with Crippen LogP contribution in [0.5, 0.6) is 0 Å². The van der Waals surface area contributed by atoms with E-state index in [0.29, 0.717) is 12.1 Å². The van der Waals surface area contributed by atoms with Crippen LogP contribution < -0.4 is 0 Å². The van der Waals surface area contributed by atoms with Crippen molar-refractivity contribution >= 4 is 23.2 Å². The zero-order chi connectivity index (χ0) is 19.5. The second-order valence-corrected chi connectivity index (χ2v) is 8.73. The molecule has 1 aromatic carbocycles. The Labute approximate surface area is 168 Å². The van der Waals surface area contributed by atoms with E-state index in [1.807, 2.05) is 17.0 Å². The fraction of sp³-hybridized carbons (Fsp3) is 0.476. The molecule has 2 saturated heterocycles. The Kier molecular flexibility index (Phi) is 5.73. The lowest BCUT2D eigenvalue weighted by Crippen LogP contribution is -2.38. The maximum absolute atomic E-state index is 13.0. The molecule has 0 aliphatic carbocycles. The molecule has 1 N–H and O–H groups in total. The maximum Gasteiger partial charge on any atom is 0.335 e. The first-order chi connectivity index (χ1) is 13.6. The fourth-order valence-electron chi connectivity index (χ4n) is 4.10. The number of likely N-dealkylation sites (tertiary alicyclic amines) is 2. The summed E-state index contributed by atoms with van der Waals surface area (Å²) in [4.78, 5) is 33.5. The second-order valence-electron chi connectivity index (χ2n) is 7.62. The summed E-state index contributed by atoms with van der Waals surface area (Å²) in [6.07, 6.45) is 6.19. The third kappa shape index (κ3) is 4.25. The lowest BCUT2D eigenvalue weighted by atomic mass is 9.90. The van der Waals surface area contributed by atoms with E-state index < -0.39 is 5.97 Å². The average molecular weight is 400 g/mol. The normalized spacial score (nSPS) is 20.4. The minimum absolute atomic E-state index is 0.0667. The van der Waals surface area contributed by atoms with Crippen LogP contribution in [0.4, 0.5) is 0 Å². The van der Waals surface area contributed by atoms with Gasteiger partial charge in [0.15, 0.2) is 0 Å². The summed E-state index contributed by atoms with van der Waals surface area (Å²) in [6, 6.07) is 7.05. The summed E-state index contributed by atoms with van der Waals surface area (Å²) in [5, 5.41) is 10.1. The van der Waals surface area contributed by atoms with E-state index in [9.17, 15) is 9.59 Å². The topological polar surface area (TPSA) is 73.7 Å². The highest BCUT2D eigenvalue weighted by Gasteiger charge is 2.27. The summed E-state index contributed by atoms with van der Waals surface area (Å²) in [7, 11) is 0. The van der Waals surface area contributed by atoms with Crippen LogP contribution in [0.2, 0.25) is 0 Å². The minimum Gasteiger partial charge on any atom is -0.478 e. The third-order valence-electron chi connectivity index (χ3n) is 5.66. The number of benzene rings is 1. The number of carboxylic acid groups (broad SMARTS) is 1. The molecule has 1 amide bonds. The molecule has 148 valence electrons. The summed E-state index contributed by atoms with van der Waals surface area (Å²) in [6.45, 7) is 4.53. The van der Waals surface area contributed by atoms with E-state index in [1.54, 1.807) is 18.3 Å². The van der Waals surface area contributed by atoms with Gasteiger partial charge >= 0.3 is 5.97 Å². The molecular weight excluding hydrogens is 374 g/mol. The van der Waals surface area contributed by atoms with Crippen molar-refractivity contribution in [2.24, 2.45) is 0 Å². The van der Waals surface area contributed by atoms with Crippen LogP contribution in [-0.4, -0.2) is 57.9 Å². The number of amides is 1. The van der Waals surface area contributed by atoms with E-state index in [4.69, 9.17) is 5.11 Å². The molecule has 3 heterocycles. The van der Waals surface area contributed by atoms with Gasteiger partial charge in [-0.25, -0.2) is 9.78 Å². The number of piperidine rings is 1. The lowest BCUT2D eigenvalue weighted by molar-refractivity contribution is 0.0694. The van der Waals surface area contributed by atoms with Crippen molar-refractivity contribution in [3.05, 3.63) is 51.5 Å². The molecule has 4 rings (SSSR count). The van der Waals surface area contributed by atoms with Gasteiger partial charge in [0.1, 0.15) is 9.88 Å². The molecule has 2 fully saturated rings. The van der Waals surface area contributed by atoms with Gasteiger partial charge in [-0.05, 0) is 56.5 Å². The first-order valence-corrected chi connectivity index (χ1v) is 10.7. The molecule has 2 aliphatic heterocycles. The van der Waals surface area contributed by atoms with E-state index >= 15 is 0 Å². The second kappa shape index (κ2) is 8.41. The Hall–Kier alpha value is -2.25. The van der Waals surface area contributed by atoms with Crippen LogP contribution in [0.25, 0.3) is 0 Å². The van der Waals surface area contributed by atoms with Gasteiger partial charge in [-0.3, -0.25) is 9.69 Å². The lowest BCUT2D eigenvalue weighted by Gasteiger charge is -2.32. The molecule has 1 atom stereocenters. The van der Waals surface area contributed by atoms with Crippen molar-refractivity contribution in [3.63, 3.8) is 0 Å². The molecule has 0 radical (unpaired) electrons. The van der Waals surface area contributed by atoms with Gasteiger partial charge in [0, 0.05) is 19.0 Å². The van der Waals surface area contributed by atoms with Gasteiger partial charge < -0.3 is 10.0 Å². The predicted octanol–water partition coefficient (Wildman–Crippen LogP) is 3.46. The van der Waals surface area contributed by atoms with Crippen molar-refractivity contribution in [1.29, 1.82) is 0 Å². The standard InChI is InChI=1S/C21H25N3O3S/c25-20(18-12-22-19(28-18)14-23-9-1-2-10-23)24-11-3-4-17(13-24)15-5-7-16(8-6-15)21(26)27/h5-8,12,17H,1-4,9-11,13-14H2,(H,26,27)/t17-/m1/s1. The average Bonchev–Trinajstić information content (AvgIpc) is 3.40. The predicted molar refractivity (Wildman–Crippen MR) is 108 cm³/mol. The van der Waals surface area contributed by atoms with Crippen molar-refractivity contribution < 1.29 is 14.7 Å². The number of aromatic nitrogens is 1. The van der Waals surface area contributed by atoms with Crippen LogP contribution in [-0.2, 0) is 6.54 Å². The third-order valence-corrected chi connectivity index (χ3v) is 6.63. The first-order valence-electron chi connectivity index (χ1n) is 9.90. The zero-order valence-corrected chi connectivity index (χ0v) is 16.7. The van der Waals surface area contributed by atoms with E-state index in [-0.39, 0.29) is 11.8 Å². The zero-order valence-electron chi connectivity index (χ0n) is 15.8. The van der Waals surface area contributed by atoms with E-state index in [1.165, 1.54) is 24.2 Å². The minimum atomic E-state index is -0.915. The SMILES string of the molecule is O=C(O)c1ccc([C@@H]2CCCN(C(=O)c3cnc(CN4CCCC4)s3)C2)cc1. The van der Waals surface area contributed by atoms with Crippen LogP contribution >= 0.6 is 11.3 Å². The number of thiazole rings is 1. The summed E-state index contributed by atoms with van der Waals surface area (Å²) < 4.78 is 0. The molecule has 2 aromatic rings. The number of carbonyl (C=O) groups is 2. The molecule has 0 unspecified atom stereocenters. The Morgan fingerprint density at radius 2 is 1.86 bits per heavy atom. The molecule has 28 heavy (non-hydrogen) atoms. The monoisotopic (exact) mass is 399 g/mol. The Balaban J connectivity index is 1.40. The maximum atomic E-state index is 13.0. The van der Waals surface area contributed by atoms with Gasteiger partial charge in [0.05, 0.1) is 18.3 Å². The molecule has 2 aliphatic rings. The van der Waals surface area contributed by atoms with Crippen LogP contribution in [0.15, 0.2) is 30.5 Å². The molecule has 1 aromatic heterocycles. The largest absolute Gasteiger partial charge is 0.478 e. The highest BCUT2D eigenvalue weighted by Crippen LogP contribution is 2.29. The van der Waals surface area contributed by atoms with Gasteiger partial charge in [-0.1, -0.05) is 12.1 Å².